The first-order chi connectivity index (χ1) is 15.0. The predicted molar refractivity (Wildman–Crippen MR) is 117 cm³/mol. The standard InChI is InChI=1S/C23H23ClN4O3/c1-15(25-21(29)17-5-3-2-4-6-17)23(30)28-13-11-18(12-14-28)22-26-20(27-31-22)16-7-9-19(24)10-8-16/h2-10,15,18H,11-14H2,1H3,(H,25,29)/t15-/m0/s1. The van der Waals surface area contributed by atoms with Crippen molar-refractivity contribution in [3.05, 3.63) is 71.1 Å². The summed E-state index contributed by atoms with van der Waals surface area (Å²) in [5.41, 5.74) is 1.38. The summed E-state index contributed by atoms with van der Waals surface area (Å²) in [6.45, 7) is 2.87. The molecule has 0 aliphatic carbocycles. The van der Waals surface area contributed by atoms with E-state index < -0.39 is 6.04 Å². The molecule has 1 aliphatic rings. The Balaban J connectivity index is 1.31. The van der Waals surface area contributed by atoms with E-state index in [1.165, 1.54) is 0 Å². The highest BCUT2D eigenvalue weighted by molar-refractivity contribution is 6.30. The second kappa shape index (κ2) is 9.31. The fourth-order valence-electron chi connectivity index (χ4n) is 3.67. The van der Waals surface area contributed by atoms with Crippen LogP contribution in [-0.2, 0) is 4.79 Å². The molecule has 3 aromatic rings. The molecular weight excluding hydrogens is 416 g/mol. The lowest BCUT2D eigenvalue weighted by Gasteiger charge is -2.32. The number of likely N-dealkylation sites (tertiary alicyclic amines) is 1. The zero-order valence-corrected chi connectivity index (χ0v) is 17.9. The van der Waals surface area contributed by atoms with Gasteiger partial charge in [-0.2, -0.15) is 4.98 Å². The van der Waals surface area contributed by atoms with Gasteiger partial charge in [0.2, 0.25) is 17.6 Å². The van der Waals surface area contributed by atoms with Crippen LogP contribution in [0.4, 0.5) is 0 Å². The molecule has 1 N–H and O–H groups in total. The maximum Gasteiger partial charge on any atom is 0.251 e. The van der Waals surface area contributed by atoms with Crippen molar-refractivity contribution in [2.45, 2.75) is 31.7 Å². The van der Waals surface area contributed by atoms with Crippen LogP contribution in [0.25, 0.3) is 11.4 Å². The number of carbonyl (C=O) groups is 2. The summed E-state index contributed by atoms with van der Waals surface area (Å²) in [6, 6.07) is 15.6. The molecule has 0 bridgehead atoms. The van der Waals surface area contributed by atoms with Gasteiger partial charge in [-0.05, 0) is 56.2 Å². The number of nitrogens with zero attached hydrogens (tertiary/aromatic N) is 3. The minimum Gasteiger partial charge on any atom is -0.341 e. The van der Waals surface area contributed by atoms with Crippen LogP contribution in [0.2, 0.25) is 5.02 Å². The van der Waals surface area contributed by atoms with Gasteiger partial charge in [-0.15, -0.1) is 0 Å². The average molecular weight is 439 g/mol. The third kappa shape index (κ3) is 4.94. The van der Waals surface area contributed by atoms with Crippen LogP contribution in [0.5, 0.6) is 0 Å². The number of amides is 2. The minimum absolute atomic E-state index is 0.0879. The maximum atomic E-state index is 12.8. The molecular formula is C23H23ClN4O3. The van der Waals surface area contributed by atoms with E-state index in [4.69, 9.17) is 16.1 Å². The van der Waals surface area contributed by atoms with Crippen LogP contribution in [0.15, 0.2) is 59.1 Å². The summed E-state index contributed by atoms with van der Waals surface area (Å²) in [5, 5.41) is 7.51. The molecule has 160 valence electrons. The lowest BCUT2D eigenvalue weighted by molar-refractivity contribution is -0.134. The zero-order valence-electron chi connectivity index (χ0n) is 17.1. The van der Waals surface area contributed by atoms with Crippen LogP contribution in [0.3, 0.4) is 0 Å². The summed E-state index contributed by atoms with van der Waals surface area (Å²) < 4.78 is 5.48. The fraction of sp³-hybridized carbons (Fsp3) is 0.304. The van der Waals surface area contributed by atoms with Crippen molar-refractivity contribution in [2.24, 2.45) is 0 Å². The van der Waals surface area contributed by atoms with Crippen molar-refractivity contribution in [3.8, 4) is 11.4 Å². The highest BCUT2D eigenvalue weighted by atomic mass is 35.5. The van der Waals surface area contributed by atoms with E-state index >= 15 is 0 Å². The number of hydrogen-bond donors (Lipinski definition) is 1. The van der Waals surface area contributed by atoms with E-state index in [9.17, 15) is 9.59 Å². The van der Waals surface area contributed by atoms with Gasteiger partial charge in [0.15, 0.2) is 0 Å². The number of piperidine rings is 1. The highest BCUT2D eigenvalue weighted by Gasteiger charge is 2.30. The van der Waals surface area contributed by atoms with Gasteiger partial charge >= 0.3 is 0 Å². The van der Waals surface area contributed by atoms with Gasteiger partial charge in [0.1, 0.15) is 6.04 Å². The summed E-state index contributed by atoms with van der Waals surface area (Å²) in [4.78, 5) is 31.4. The molecule has 0 spiro atoms. The first kappa shape index (κ1) is 21.1. The van der Waals surface area contributed by atoms with E-state index in [-0.39, 0.29) is 17.7 Å². The largest absolute Gasteiger partial charge is 0.341 e. The second-order valence-electron chi connectivity index (χ2n) is 7.62. The molecule has 1 aliphatic heterocycles. The molecule has 0 unspecified atom stereocenters. The van der Waals surface area contributed by atoms with Crippen LogP contribution in [0, 0.1) is 0 Å². The van der Waals surface area contributed by atoms with Crippen molar-refractivity contribution in [2.75, 3.05) is 13.1 Å². The number of carbonyl (C=O) groups excluding carboxylic acids is 2. The number of nitrogens with one attached hydrogen (secondary N) is 1. The Labute approximate surface area is 185 Å². The number of rotatable bonds is 5. The van der Waals surface area contributed by atoms with Gasteiger partial charge in [-0.1, -0.05) is 35.0 Å². The van der Waals surface area contributed by atoms with Crippen molar-refractivity contribution >= 4 is 23.4 Å². The van der Waals surface area contributed by atoms with Crippen molar-refractivity contribution in [1.29, 1.82) is 0 Å². The monoisotopic (exact) mass is 438 g/mol. The molecule has 1 fully saturated rings. The zero-order chi connectivity index (χ0) is 21.8. The average Bonchev–Trinajstić information content (AvgIpc) is 3.30. The number of benzene rings is 2. The van der Waals surface area contributed by atoms with E-state index in [2.05, 4.69) is 15.5 Å². The molecule has 1 aromatic heterocycles. The Morgan fingerprint density at radius 3 is 2.45 bits per heavy atom. The summed E-state index contributed by atoms with van der Waals surface area (Å²) in [6.07, 6.45) is 1.46. The molecule has 31 heavy (non-hydrogen) atoms. The van der Waals surface area contributed by atoms with Crippen LogP contribution in [0.1, 0.15) is 41.9 Å². The molecule has 2 heterocycles. The molecule has 2 aromatic carbocycles. The number of aromatic nitrogens is 2. The maximum absolute atomic E-state index is 12.8. The Morgan fingerprint density at radius 2 is 1.77 bits per heavy atom. The lowest BCUT2D eigenvalue weighted by Crippen LogP contribution is -2.49. The molecule has 4 rings (SSSR count). The van der Waals surface area contributed by atoms with Gasteiger partial charge < -0.3 is 14.7 Å². The summed E-state index contributed by atoms with van der Waals surface area (Å²) >= 11 is 5.93. The van der Waals surface area contributed by atoms with Crippen LogP contribution < -0.4 is 5.32 Å². The topological polar surface area (TPSA) is 88.3 Å². The molecule has 0 radical (unpaired) electrons. The van der Waals surface area contributed by atoms with Gasteiger partial charge in [0.25, 0.3) is 5.91 Å². The smallest absolute Gasteiger partial charge is 0.251 e. The first-order valence-electron chi connectivity index (χ1n) is 10.3. The predicted octanol–water partition coefficient (Wildman–Crippen LogP) is 3.91. The van der Waals surface area contributed by atoms with Crippen molar-refractivity contribution in [1.82, 2.24) is 20.4 Å². The second-order valence-corrected chi connectivity index (χ2v) is 8.06. The Hall–Kier alpha value is -3.19. The molecule has 1 atom stereocenters. The Bertz CT molecular complexity index is 1040. The Morgan fingerprint density at radius 1 is 1.10 bits per heavy atom. The summed E-state index contributed by atoms with van der Waals surface area (Å²) in [7, 11) is 0. The van der Waals surface area contributed by atoms with Gasteiger partial charge in [-0.25, -0.2) is 0 Å². The third-order valence-electron chi connectivity index (χ3n) is 5.45. The number of hydrogen-bond acceptors (Lipinski definition) is 5. The minimum atomic E-state index is -0.593. The van der Waals surface area contributed by atoms with E-state index in [0.717, 1.165) is 18.4 Å². The Kier molecular flexibility index (Phi) is 6.32. The van der Waals surface area contributed by atoms with Crippen molar-refractivity contribution < 1.29 is 14.1 Å². The van der Waals surface area contributed by atoms with E-state index in [1.807, 2.05) is 18.2 Å². The lowest BCUT2D eigenvalue weighted by atomic mass is 9.96. The van der Waals surface area contributed by atoms with Crippen molar-refractivity contribution in [3.63, 3.8) is 0 Å². The SMILES string of the molecule is C[C@H](NC(=O)c1ccccc1)C(=O)N1CCC(c2nc(-c3ccc(Cl)cc3)no2)CC1. The highest BCUT2D eigenvalue weighted by Crippen LogP contribution is 2.29. The molecule has 8 heteroatoms. The van der Waals surface area contributed by atoms with Crippen LogP contribution >= 0.6 is 11.6 Å². The molecule has 7 nitrogen and oxygen atoms in total. The van der Waals surface area contributed by atoms with Gasteiger partial charge in [-0.3, -0.25) is 9.59 Å². The van der Waals surface area contributed by atoms with E-state index in [0.29, 0.717) is 35.4 Å². The van der Waals surface area contributed by atoms with Gasteiger partial charge in [0.05, 0.1) is 0 Å². The molecule has 2 amide bonds. The number of halogens is 1. The fourth-order valence-corrected chi connectivity index (χ4v) is 3.80. The van der Waals surface area contributed by atoms with Crippen LogP contribution in [-0.4, -0.2) is 46.0 Å². The van der Waals surface area contributed by atoms with Gasteiger partial charge in [0, 0.05) is 35.2 Å². The molecule has 1 saturated heterocycles. The third-order valence-corrected chi connectivity index (χ3v) is 5.71. The summed E-state index contributed by atoms with van der Waals surface area (Å²) in [5.74, 6) is 0.878. The quantitative estimate of drug-likeness (QED) is 0.652. The normalized spacial score (nSPS) is 15.5. The van der Waals surface area contributed by atoms with E-state index in [1.54, 1.807) is 48.2 Å². The molecule has 0 saturated carbocycles. The first-order valence-corrected chi connectivity index (χ1v) is 10.6.